The molecule has 1 unspecified atom stereocenters. The maximum atomic E-state index is 11.7. The second-order valence-corrected chi connectivity index (χ2v) is 9.63. The fraction of sp³-hybridized carbons (Fsp3) is 0.423. The van der Waals surface area contributed by atoms with Crippen molar-refractivity contribution in [2.24, 2.45) is 0 Å². The number of nitrogens with one attached hydrogen (secondary N) is 2. The van der Waals surface area contributed by atoms with Crippen LogP contribution >= 0.6 is 0 Å². The van der Waals surface area contributed by atoms with Gasteiger partial charge in [0.15, 0.2) is 0 Å². The van der Waals surface area contributed by atoms with E-state index < -0.39 is 0 Å². The van der Waals surface area contributed by atoms with Gasteiger partial charge in [-0.15, -0.1) is 0 Å². The summed E-state index contributed by atoms with van der Waals surface area (Å²) in [6, 6.07) is 8.34. The first kappa shape index (κ1) is 21.2. The average Bonchev–Trinajstić information content (AvgIpc) is 3.27. The summed E-state index contributed by atoms with van der Waals surface area (Å²) in [5.74, 6) is 4.16. The minimum Gasteiger partial charge on any atom is -0.493 e. The Morgan fingerprint density at radius 2 is 2.12 bits per heavy atom. The average molecular weight is 460 g/mol. The number of carbonyl (C=O) groups excluding carboxylic acids is 1. The Kier molecular flexibility index (Phi) is 5.25. The van der Waals surface area contributed by atoms with Gasteiger partial charge in [-0.3, -0.25) is 9.69 Å². The van der Waals surface area contributed by atoms with Crippen LogP contribution in [0.25, 0.3) is 0 Å². The quantitative estimate of drug-likeness (QED) is 0.613. The van der Waals surface area contributed by atoms with Gasteiger partial charge < -0.3 is 19.8 Å². The first-order valence-corrected chi connectivity index (χ1v) is 12.1. The Morgan fingerprint density at radius 3 is 3.00 bits per heavy atom. The molecular weight excluding hydrogens is 430 g/mol. The van der Waals surface area contributed by atoms with Gasteiger partial charge >= 0.3 is 0 Å². The molecule has 3 aliphatic rings. The van der Waals surface area contributed by atoms with Crippen molar-refractivity contribution < 1.29 is 14.3 Å². The van der Waals surface area contributed by atoms with Crippen LogP contribution in [-0.4, -0.2) is 45.0 Å². The Labute approximate surface area is 198 Å². The number of aromatic amines is 1. The zero-order chi connectivity index (χ0) is 23.2. The number of imidazole rings is 1. The number of hydrogen-bond donors (Lipinski definition) is 2. The summed E-state index contributed by atoms with van der Waals surface area (Å²) in [6.45, 7) is 7.09. The van der Waals surface area contributed by atoms with E-state index in [1.165, 1.54) is 11.4 Å². The van der Waals surface area contributed by atoms with Gasteiger partial charge in [0.25, 0.3) is 0 Å². The number of aromatic nitrogens is 3. The van der Waals surface area contributed by atoms with Crippen LogP contribution in [0.3, 0.4) is 0 Å². The van der Waals surface area contributed by atoms with Gasteiger partial charge in [-0.05, 0) is 56.5 Å². The summed E-state index contributed by atoms with van der Waals surface area (Å²) in [5, 5.41) is 2.83. The van der Waals surface area contributed by atoms with Crippen LogP contribution in [0, 0.1) is 0 Å². The third-order valence-electron chi connectivity index (χ3n) is 7.04. The molecule has 8 nitrogen and oxygen atoms in total. The molecule has 34 heavy (non-hydrogen) atoms. The van der Waals surface area contributed by atoms with Crippen LogP contribution in [0.5, 0.6) is 17.2 Å². The predicted octanol–water partition coefficient (Wildman–Crippen LogP) is 3.97. The van der Waals surface area contributed by atoms with Crippen molar-refractivity contribution in [1.29, 1.82) is 0 Å². The minimum atomic E-state index is -0.00867. The number of anilines is 1. The Balaban J connectivity index is 1.21. The van der Waals surface area contributed by atoms with Crippen LogP contribution in [0.1, 0.15) is 54.5 Å². The highest BCUT2D eigenvalue weighted by atomic mass is 16.5. The molecule has 0 spiro atoms. The first-order valence-electron chi connectivity index (χ1n) is 12.1. The highest BCUT2D eigenvalue weighted by Gasteiger charge is 2.28. The number of nitrogens with zero attached hydrogens (tertiary/aromatic N) is 3. The van der Waals surface area contributed by atoms with Crippen molar-refractivity contribution in [3.05, 3.63) is 58.8 Å². The Hall–Kier alpha value is -3.39. The summed E-state index contributed by atoms with van der Waals surface area (Å²) in [6.07, 6.45) is 4.56. The lowest BCUT2D eigenvalue weighted by Gasteiger charge is -2.29. The van der Waals surface area contributed by atoms with Crippen molar-refractivity contribution in [2.45, 2.75) is 58.0 Å². The number of benzene rings is 1. The molecule has 1 atom stereocenters. The number of H-pyrrole nitrogens is 1. The maximum Gasteiger partial charge on any atom is 0.225 e. The molecule has 2 N–H and O–H groups in total. The first-order chi connectivity index (χ1) is 16.5. The van der Waals surface area contributed by atoms with Crippen LogP contribution in [0.15, 0.2) is 30.5 Å². The molecule has 3 aliphatic heterocycles. The maximum absolute atomic E-state index is 11.7. The Bertz CT molecular complexity index is 1250. The summed E-state index contributed by atoms with van der Waals surface area (Å²) in [5.41, 5.74) is 4.49. The molecule has 3 aromatic rings. The SMILES string of the molecule is CC(C)N1CCc2nc(C3COc4ccc(Oc5ccnc6c5CCC(=O)N6)cc4C3)[nH]c2C1. The number of rotatable bonds is 4. The van der Waals surface area contributed by atoms with E-state index in [1.54, 1.807) is 6.20 Å². The molecule has 6 rings (SSSR count). The van der Waals surface area contributed by atoms with E-state index in [1.807, 2.05) is 18.2 Å². The van der Waals surface area contributed by atoms with Crippen molar-refractivity contribution in [1.82, 2.24) is 19.9 Å². The second-order valence-electron chi connectivity index (χ2n) is 9.63. The van der Waals surface area contributed by atoms with Gasteiger partial charge in [0, 0.05) is 43.7 Å². The van der Waals surface area contributed by atoms with E-state index in [2.05, 4.69) is 40.1 Å². The van der Waals surface area contributed by atoms with E-state index >= 15 is 0 Å². The highest BCUT2D eigenvalue weighted by molar-refractivity contribution is 5.93. The molecule has 1 amide bonds. The number of fused-ring (bicyclic) bond motifs is 3. The van der Waals surface area contributed by atoms with Crippen molar-refractivity contribution in [3.63, 3.8) is 0 Å². The van der Waals surface area contributed by atoms with Gasteiger partial charge in [0.1, 0.15) is 28.9 Å². The van der Waals surface area contributed by atoms with Crippen LogP contribution in [-0.2, 0) is 30.6 Å². The highest BCUT2D eigenvalue weighted by Crippen LogP contribution is 2.37. The van der Waals surface area contributed by atoms with Gasteiger partial charge in [-0.1, -0.05) is 0 Å². The van der Waals surface area contributed by atoms with E-state index in [-0.39, 0.29) is 11.8 Å². The monoisotopic (exact) mass is 459 g/mol. The lowest BCUT2D eigenvalue weighted by atomic mass is 9.96. The number of ether oxygens (including phenoxy) is 2. The van der Waals surface area contributed by atoms with E-state index in [4.69, 9.17) is 14.5 Å². The standard InChI is InChI=1S/C26H29N5O3/c1-15(2)31-10-8-20-21(13-31)29-25(28-20)17-11-16-12-18(3-5-22(16)33-14-17)34-23-7-9-27-26-19(23)4-6-24(32)30-26/h3,5,7,9,12,15,17H,4,6,8,10-11,13-14H2,1-2H3,(H,28,29)(H,27,30,32). The van der Waals surface area contributed by atoms with Gasteiger partial charge in [0.05, 0.1) is 23.9 Å². The third-order valence-corrected chi connectivity index (χ3v) is 7.04. The van der Waals surface area contributed by atoms with Crippen LogP contribution < -0.4 is 14.8 Å². The molecule has 1 aromatic carbocycles. The fourth-order valence-electron chi connectivity index (χ4n) is 5.06. The van der Waals surface area contributed by atoms with Crippen molar-refractivity contribution >= 4 is 11.7 Å². The summed E-state index contributed by atoms with van der Waals surface area (Å²) in [7, 11) is 0. The molecule has 5 heterocycles. The van der Waals surface area contributed by atoms with Gasteiger partial charge in [0.2, 0.25) is 5.91 Å². The largest absolute Gasteiger partial charge is 0.493 e. The second kappa shape index (κ2) is 8.43. The molecule has 0 fully saturated rings. The molecular formula is C26H29N5O3. The third kappa shape index (κ3) is 3.92. The summed E-state index contributed by atoms with van der Waals surface area (Å²) in [4.78, 5) is 27.0. The van der Waals surface area contributed by atoms with Crippen LogP contribution in [0.4, 0.5) is 5.82 Å². The minimum absolute atomic E-state index is 0.00867. The molecule has 0 radical (unpaired) electrons. The van der Waals surface area contributed by atoms with Gasteiger partial charge in [-0.2, -0.15) is 0 Å². The zero-order valence-corrected chi connectivity index (χ0v) is 19.6. The molecule has 8 heteroatoms. The molecule has 2 aromatic heterocycles. The van der Waals surface area contributed by atoms with Crippen molar-refractivity contribution in [3.8, 4) is 17.2 Å². The van der Waals surface area contributed by atoms with E-state index in [0.29, 0.717) is 31.3 Å². The molecule has 0 aliphatic carbocycles. The molecule has 0 saturated carbocycles. The van der Waals surface area contributed by atoms with Crippen molar-refractivity contribution in [2.75, 3.05) is 18.5 Å². The summed E-state index contributed by atoms with van der Waals surface area (Å²) >= 11 is 0. The summed E-state index contributed by atoms with van der Waals surface area (Å²) < 4.78 is 12.3. The topological polar surface area (TPSA) is 92.4 Å². The van der Waals surface area contributed by atoms with E-state index in [0.717, 1.165) is 60.1 Å². The smallest absolute Gasteiger partial charge is 0.225 e. The normalized spacial score (nSPS) is 19.6. The Morgan fingerprint density at radius 1 is 1.21 bits per heavy atom. The fourth-order valence-corrected chi connectivity index (χ4v) is 5.06. The molecule has 0 saturated heterocycles. The number of amides is 1. The van der Waals surface area contributed by atoms with Gasteiger partial charge in [-0.25, -0.2) is 9.97 Å². The lowest BCUT2D eigenvalue weighted by molar-refractivity contribution is -0.116. The number of carbonyl (C=O) groups is 1. The van der Waals surface area contributed by atoms with Crippen LogP contribution in [0.2, 0.25) is 0 Å². The number of hydrogen-bond acceptors (Lipinski definition) is 6. The zero-order valence-electron chi connectivity index (χ0n) is 19.6. The van der Waals surface area contributed by atoms with E-state index in [9.17, 15) is 4.79 Å². The molecule has 0 bridgehead atoms. The molecule has 176 valence electrons. The number of pyridine rings is 1. The lowest BCUT2D eigenvalue weighted by Crippen LogP contribution is -2.35. The predicted molar refractivity (Wildman–Crippen MR) is 127 cm³/mol.